The fourth-order valence-corrected chi connectivity index (χ4v) is 2.99. The van der Waals surface area contributed by atoms with E-state index in [-0.39, 0.29) is 23.0 Å². The standard InChI is InChI=1S/C14H17NO2S/c1-10(11-5-3-2-4-6-11)9-13(16)15-12-7-8-18-14(12)17/h2-6,10,12H,7-9H2,1H3,(H,15,16)/t10-,12-/m1/s1. The molecule has 0 spiro atoms. The Morgan fingerprint density at radius 1 is 1.44 bits per heavy atom. The van der Waals surface area contributed by atoms with Crippen LogP contribution in [-0.2, 0) is 9.59 Å². The molecule has 0 saturated carbocycles. The zero-order valence-electron chi connectivity index (χ0n) is 10.4. The van der Waals surface area contributed by atoms with Crippen LogP contribution < -0.4 is 5.32 Å². The molecule has 2 atom stereocenters. The summed E-state index contributed by atoms with van der Waals surface area (Å²) in [6, 6.07) is 9.68. The minimum absolute atomic E-state index is 0.0350. The fourth-order valence-electron chi connectivity index (χ4n) is 2.06. The SMILES string of the molecule is C[C@H](CC(=O)N[C@@H]1CCSC1=O)c1ccccc1. The molecule has 1 N–H and O–H groups in total. The molecule has 96 valence electrons. The minimum atomic E-state index is -0.273. The topological polar surface area (TPSA) is 46.2 Å². The van der Waals surface area contributed by atoms with Crippen LogP contribution in [0.2, 0.25) is 0 Å². The summed E-state index contributed by atoms with van der Waals surface area (Å²) in [6.07, 6.45) is 1.19. The predicted molar refractivity (Wildman–Crippen MR) is 73.5 cm³/mol. The molecule has 4 heteroatoms. The number of nitrogens with one attached hydrogen (secondary N) is 1. The van der Waals surface area contributed by atoms with E-state index in [1.807, 2.05) is 37.3 Å². The van der Waals surface area contributed by atoms with E-state index < -0.39 is 0 Å². The molecular weight excluding hydrogens is 246 g/mol. The van der Waals surface area contributed by atoms with Crippen molar-refractivity contribution >= 4 is 22.8 Å². The summed E-state index contributed by atoms with van der Waals surface area (Å²) in [5.74, 6) is 0.959. The lowest BCUT2D eigenvalue weighted by atomic mass is 9.97. The number of hydrogen-bond acceptors (Lipinski definition) is 3. The molecule has 1 aliphatic rings. The Labute approximate surface area is 111 Å². The summed E-state index contributed by atoms with van der Waals surface area (Å²) in [4.78, 5) is 23.3. The quantitative estimate of drug-likeness (QED) is 0.907. The van der Waals surface area contributed by atoms with Gasteiger partial charge in [-0.05, 0) is 17.9 Å². The van der Waals surface area contributed by atoms with Gasteiger partial charge in [-0.15, -0.1) is 0 Å². The number of hydrogen-bond donors (Lipinski definition) is 1. The van der Waals surface area contributed by atoms with Crippen LogP contribution in [0, 0.1) is 0 Å². The largest absolute Gasteiger partial charge is 0.345 e. The van der Waals surface area contributed by atoms with E-state index in [2.05, 4.69) is 5.32 Å². The van der Waals surface area contributed by atoms with Crippen molar-refractivity contribution in [1.29, 1.82) is 0 Å². The molecule has 1 fully saturated rings. The second kappa shape index (κ2) is 6.05. The summed E-state index contributed by atoms with van der Waals surface area (Å²) in [5, 5.41) is 2.91. The van der Waals surface area contributed by atoms with Gasteiger partial charge in [-0.25, -0.2) is 0 Å². The van der Waals surface area contributed by atoms with Crippen LogP contribution in [-0.4, -0.2) is 22.8 Å². The van der Waals surface area contributed by atoms with Crippen molar-refractivity contribution < 1.29 is 9.59 Å². The Morgan fingerprint density at radius 3 is 2.78 bits per heavy atom. The monoisotopic (exact) mass is 263 g/mol. The molecule has 1 aromatic carbocycles. The smallest absolute Gasteiger partial charge is 0.221 e. The van der Waals surface area contributed by atoms with E-state index >= 15 is 0 Å². The molecule has 1 heterocycles. The molecule has 0 radical (unpaired) electrons. The number of amides is 1. The lowest BCUT2D eigenvalue weighted by Crippen LogP contribution is -2.37. The molecule has 1 amide bonds. The number of carbonyl (C=O) groups is 2. The van der Waals surface area contributed by atoms with Gasteiger partial charge in [0, 0.05) is 12.2 Å². The maximum atomic E-state index is 11.9. The van der Waals surface area contributed by atoms with Gasteiger partial charge in [0.05, 0.1) is 6.04 Å². The van der Waals surface area contributed by atoms with Crippen molar-refractivity contribution in [3.05, 3.63) is 35.9 Å². The van der Waals surface area contributed by atoms with Gasteiger partial charge in [-0.2, -0.15) is 0 Å². The number of rotatable bonds is 4. The molecule has 2 rings (SSSR count). The molecule has 18 heavy (non-hydrogen) atoms. The van der Waals surface area contributed by atoms with E-state index in [0.29, 0.717) is 6.42 Å². The molecule has 0 bridgehead atoms. The van der Waals surface area contributed by atoms with E-state index in [1.165, 1.54) is 11.8 Å². The maximum Gasteiger partial charge on any atom is 0.221 e. The van der Waals surface area contributed by atoms with Crippen molar-refractivity contribution in [3.8, 4) is 0 Å². The van der Waals surface area contributed by atoms with Gasteiger partial charge in [0.1, 0.15) is 0 Å². The third-order valence-electron chi connectivity index (χ3n) is 3.13. The summed E-state index contributed by atoms with van der Waals surface area (Å²) < 4.78 is 0. The number of thioether (sulfide) groups is 1. The lowest BCUT2D eigenvalue weighted by Gasteiger charge is -2.14. The van der Waals surface area contributed by atoms with Crippen molar-refractivity contribution in [2.75, 3.05) is 5.75 Å². The van der Waals surface area contributed by atoms with Crippen molar-refractivity contribution in [3.63, 3.8) is 0 Å². The first-order chi connectivity index (χ1) is 8.66. The summed E-state index contributed by atoms with van der Waals surface area (Å²) >= 11 is 1.31. The van der Waals surface area contributed by atoms with Crippen LogP contribution in [0.5, 0.6) is 0 Å². The van der Waals surface area contributed by atoms with Crippen molar-refractivity contribution in [2.45, 2.75) is 31.7 Å². The van der Waals surface area contributed by atoms with E-state index in [1.54, 1.807) is 0 Å². The molecule has 0 unspecified atom stereocenters. The first kappa shape index (κ1) is 13.1. The third-order valence-corrected chi connectivity index (χ3v) is 4.14. The Hall–Kier alpha value is -1.29. The fraction of sp³-hybridized carbons (Fsp3) is 0.429. The third kappa shape index (κ3) is 3.35. The zero-order valence-corrected chi connectivity index (χ0v) is 11.2. The number of carbonyl (C=O) groups excluding carboxylic acids is 2. The van der Waals surface area contributed by atoms with Gasteiger partial charge in [-0.3, -0.25) is 9.59 Å². The van der Waals surface area contributed by atoms with Crippen LogP contribution in [0.1, 0.15) is 31.2 Å². The molecule has 0 aliphatic carbocycles. The summed E-state index contributed by atoms with van der Waals surface area (Å²) in [6.45, 7) is 2.03. The van der Waals surface area contributed by atoms with Gasteiger partial charge in [0.25, 0.3) is 0 Å². The van der Waals surface area contributed by atoms with Crippen LogP contribution in [0.3, 0.4) is 0 Å². The van der Waals surface area contributed by atoms with Gasteiger partial charge in [0.2, 0.25) is 11.0 Å². The highest BCUT2D eigenvalue weighted by Gasteiger charge is 2.27. The highest BCUT2D eigenvalue weighted by molar-refractivity contribution is 8.14. The van der Waals surface area contributed by atoms with Gasteiger partial charge in [0.15, 0.2) is 0 Å². The molecule has 1 aliphatic heterocycles. The van der Waals surface area contributed by atoms with Crippen molar-refractivity contribution in [1.82, 2.24) is 5.32 Å². The van der Waals surface area contributed by atoms with E-state index in [9.17, 15) is 9.59 Å². The van der Waals surface area contributed by atoms with Crippen molar-refractivity contribution in [2.24, 2.45) is 0 Å². The van der Waals surface area contributed by atoms with Gasteiger partial charge < -0.3 is 5.32 Å². The van der Waals surface area contributed by atoms with Crippen LogP contribution in [0.15, 0.2) is 30.3 Å². The minimum Gasteiger partial charge on any atom is -0.345 e. The average molecular weight is 263 g/mol. The highest BCUT2D eigenvalue weighted by atomic mass is 32.2. The molecular formula is C14H17NO2S. The average Bonchev–Trinajstić information content (AvgIpc) is 2.76. The second-order valence-electron chi connectivity index (χ2n) is 4.59. The van der Waals surface area contributed by atoms with Gasteiger partial charge in [-0.1, -0.05) is 49.0 Å². The van der Waals surface area contributed by atoms with E-state index in [0.717, 1.165) is 17.7 Å². The Bertz CT molecular complexity index is 433. The lowest BCUT2D eigenvalue weighted by molar-refractivity contribution is -0.124. The Balaban J connectivity index is 1.86. The normalized spacial score (nSPS) is 20.7. The van der Waals surface area contributed by atoms with Crippen LogP contribution in [0.4, 0.5) is 0 Å². The summed E-state index contributed by atoms with van der Waals surface area (Å²) in [5.41, 5.74) is 1.15. The maximum absolute atomic E-state index is 11.9. The van der Waals surface area contributed by atoms with Crippen LogP contribution >= 0.6 is 11.8 Å². The molecule has 1 saturated heterocycles. The van der Waals surface area contributed by atoms with Gasteiger partial charge >= 0.3 is 0 Å². The Kier molecular flexibility index (Phi) is 4.42. The first-order valence-corrected chi connectivity index (χ1v) is 7.16. The summed E-state index contributed by atoms with van der Waals surface area (Å²) in [7, 11) is 0. The zero-order chi connectivity index (χ0) is 13.0. The van der Waals surface area contributed by atoms with Crippen LogP contribution in [0.25, 0.3) is 0 Å². The Morgan fingerprint density at radius 2 is 2.17 bits per heavy atom. The molecule has 1 aromatic rings. The number of benzene rings is 1. The molecule has 0 aromatic heterocycles. The second-order valence-corrected chi connectivity index (χ2v) is 5.69. The highest BCUT2D eigenvalue weighted by Crippen LogP contribution is 2.21. The van der Waals surface area contributed by atoms with E-state index in [4.69, 9.17) is 0 Å². The first-order valence-electron chi connectivity index (χ1n) is 6.18. The molecule has 3 nitrogen and oxygen atoms in total. The predicted octanol–water partition coefficient (Wildman–Crippen LogP) is 2.33.